The quantitative estimate of drug-likeness (QED) is 0.566. The molecule has 13 heteroatoms. The predicted molar refractivity (Wildman–Crippen MR) is 105 cm³/mol. The normalized spacial score (nSPS) is 19.0. The van der Waals surface area contributed by atoms with Gasteiger partial charge in [0.05, 0.1) is 23.8 Å². The highest BCUT2D eigenvalue weighted by molar-refractivity contribution is 7.98. The molecule has 0 aliphatic carbocycles. The number of nitrogens with zero attached hydrogens (tertiary/aromatic N) is 3. The van der Waals surface area contributed by atoms with Crippen molar-refractivity contribution < 1.29 is 32.5 Å². The van der Waals surface area contributed by atoms with Crippen LogP contribution in [0.3, 0.4) is 0 Å². The monoisotopic (exact) mass is 455 g/mol. The lowest BCUT2D eigenvalue weighted by Gasteiger charge is -2.11. The summed E-state index contributed by atoms with van der Waals surface area (Å²) in [4.78, 5) is 30.3. The number of nitrogens with one attached hydrogen (secondary N) is 2. The van der Waals surface area contributed by atoms with E-state index in [4.69, 9.17) is 14.5 Å². The van der Waals surface area contributed by atoms with Gasteiger partial charge in [-0.15, -0.1) is 11.8 Å². The Morgan fingerprint density at radius 1 is 1.26 bits per heavy atom. The van der Waals surface area contributed by atoms with Gasteiger partial charge in [-0.05, 0) is 24.5 Å². The number of aromatic nitrogens is 3. The second kappa shape index (κ2) is 8.70. The molecule has 1 aliphatic rings. The Bertz CT molecular complexity index is 1090. The molecule has 0 aromatic carbocycles. The van der Waals surface area contributed by atoms with Crippen LogP contribution in [-0.2, 0) is 14.5 Å². The van der Waals surface area contributed by atoms with E-state index < -0.39 is 30.7 Å². The second-order valence-corrected chi connectivity index (χ2v) is 7.26. The fraction of sp³-hybridized carbons (Fsp3) is 0.278. The van der Waals surface area contributed by atoms with Gasteiger partial charge in [0.2, 0.25) is 11.9 Å². The van der Waals surface area contributed by atoms with E-state index in [2.05, 4.69) is 15.3 Å². The van der Waals surface area contributed by atoms with Crippen molar-refractivity contribution in [3.63, 3.8) is 0 Å². The molecule has 3 aromatic heterocycles. The number of pyridine rings is 2. The first kappa shape index (κ1) is 21.4. The Hall–Kier alpha value is -2.87. The molecule has 164 valence electrons. The minimum absolute atomic E-state index is 0.233. The fourth-order valence-corrected chi connectivity index (χ4v) is 3.17. The van der Waals surface area contributed by atoms with Crippen LogP contribution in [0.1, 0.15) is 11.9 Å². The summed E-state index contributed by atoms with van der Waals surface area (Å²) in [5.41, 5.74) is 2.32. The van der Waals surface area contributed by atoms with E-state index in [1.165, 1.54) is 18.0 Å². The Morgan fingerprint density at radius 3 is 2.84 bits per heavy atom. The van der Waals surface area contributed by atoms with Crippen LogP contribution in [0.2, 0.25) is 0 Å². The Labute approximate surface area is 177 Å². The first-order valence-corrected chi connectivity index (χ1v) is 10.2. The number of amides is 2. The average Bonchev–Trinajstić information content (AvgIpc) is 3.38. The maximum atomic E-state index is 12.2. The van der Waals surface area contributed by atoms with Gasteiger partial charge in [0.25, 0.3) is 0 Å². The van der Waals surface area contributed by atoms with Gasteiger partial charge in [-0.2, -0.15) is 22.9 Å². The number of halogens is 3. The van der Waals surface area contributed by atoms with E-state index in [0.717, 1.165) is 5.56 Å². The van der Waals surface area contributed by atoms with Gasteiger partial charge >= 0.3 is 12.2 Å². The molecule has 0 bridgehead atoms. The van der Waals surface area contributed by atoms with Crippen LogP contribution >= 0.6 is 11.8 Å². The summed E-state index contributed by atoms with van der Waals surface area (Å²) >= 11 is 1.36. The predicted octanol–water partition coefficient (Wildman–Crippen LogP) is 3.70. The van der Waals surface area contributed by atoms with E-state index in [9.17, 15) is 18.0 Å². The van der Waals surface area contributed by atoms with Crippen LogP contribution in [0, 0.1) is 0 Å². The molecule has 3 aromatic rings. The van der Waals surface area contributed by atoms with Crippen molar-refractivity contribution in [3.05, 3.63) is 48.5 Å². The van der Waals surface area contributed by atoms with Crippen molar-refractivity contribution in [2.45, 2.75) is 18.1 Å². The molecular weight excluding hydrogens is 439 g/mol. The zero-order valence-electron chi connectivity index (χ0n) is 15.9. The molecule has 4 rings (SSSR count). The highest BCUT2D eigenvalue weighted by Crippen LogP contribution is 2.33. The van der Waals surface area contributed by atoms with Crippen molar-refractivity contribution in [3.8, 4) is 11.3 Å². The van der Waals surface area contributed by atoms with E-state index in [1.54, 1.807) is 46.5 Å². The molecule has 2 unspecified atom stereocenters. The highest BCUT2D eigenvalue weighted by atomic mass is 32.2. The summed E-state index contributed by atoms with van der Waals surface area (Å²) in [5, 5.41) is 4.07. The molecule has 0 radical (unpaired) electrons. The van der Waals surface area contributed by atoms with E-state index in [1.807, 2.05) is 6.26 Å². The third-order valence-electron chi connectivity index (χ3n) is 4.20. The lowest BCUT2D eigenvalue weighted by atomic mass is 10.2. The first-order valence-electron chi connectivity index (χ1n) is 8.87. The third kappa shape index (κ3) is 5.07. The number of carbonyl (C=O) groups is 1. The zero-order valence-corrected chi connectivity index (χ0v) is 16.7. The summed E-state index contributed by atoms with van der Waals surface area (Å²) in [5.74, 6) is 0. The molecule has 4 heterocycles. The number of imidazole rings is 1. The van der Waals surface area contributed by atoms with Crippen LogP contribution in [0.15, 0.2) is 43.0 Å². The van der Waals surface area contributed by atoms with Gasteiger partial charge in [0.1, 0.15) is 12.2 Å². The molecule has 0 spiro atoms. The van der Waals surface area contributed by atoms with Crippen molar-refractivity contribution in [1.29, 1.82) is 0 Å². The minimum atomic E-state index is -4.50. The van der Waals surface area contributed by atoms with Gasteiger partial charge in [-0.1, -0.05) is 0 Å². The number of ether oxygens (including phenoxy) is 1. The topological polar surface area (TPSA) is 99.0 Å². The number of hydrogen-bond acceptors (Lipinski definition) is 7. The average molecular weight is 455 g/mol. The number of rotatable bonds is 5. The van der Waals surface area contributed by atoms with E-state index in [-0.39, 0.29) is 5.69 Å². The summed E-state index contributed by atoms with van der Waals surface area (Å²) in [6, 6.07) is 4.16. The first-order chi connectivity index (χ1) is 14.8. The van der Waals surface area contributed by atoms with Crippen LogP contribution < -0.4 is 10.6 Å². The molecular formula is C18H16F3N5O4S. The summed E-state index contributed by atoms with van der Waals surface area (Å²) in [7, 11) is 0. The molecule has 1 fully saturated rings. The fourth-order valence-electron chi connectivity index (χ4n) is 2.83. The molecule has 1 saturated heterocycles. The number of alkyl halides is 3. The number of hydrogen-bond donors (Lipinski definition) is 2. The van der Waals surface area contributed by atoms with Gasteiger partial charge in [0, 0.05) is 23.5 Å². The number of carbonyl (C=O) groups excluding carboxylic acids is 1. The minimum Gasteiger partial charge on any atom is -0.329 e. The van der Waals surface area contributed by atoms with Crippen LogP contribution in [-0.4, -0.2) is 45.0 Å². The number of urea groups is 1. The maximum absolute atomic E-state index is 12.2. The lowest BCUT2D eigenvalue weighted by molar-refractivity contribution is -0.285. The molecule has 0 saturated carbocycles. The summed E-state index contributed by atoms with van der Waals surface area (Å²) < 4.78 is 44.1. The third-order valence-corrected chi connectivity index (χ3v) is 4.77. The Morgan fingerprint density at radius 2 is 2.10 bits per heavy atom. The van der Waals surface area contributed by atoms with Crippen molar-refractivity contribution in [1.82, 2.24) is 19.7 Å². The van der Waals surface area contributed by atoms with Crippen LogP contribution in [0.4, 0.5) is 23.7 Å². The number of anilines is 1. The summed E-state index contributed by atoms with van der Waals surface area (Å²) in [6.45, 7) is -1.43. The molecule has 2 N–H and O–H groups in total. The van der Waals surface area contributed by atoms with Gasteiger partial charge in [-0.3, -0.25) is 9.38 Å². The van der Waals surface area contributed by atoms with E-state index >= 15 is 0 Å². The molecule has 9 nitrogen and oxygen atoms in total. The van der Waals surface area contributed by atoms with Gasteiger partial charge < -0.3 is 15.4 Å². The Kier molecular flexibility index (Phi) is 6.00. The Balaban J connectivity index is 1.51. The maximum Gasteiger partial charge on any atom is 0.405 e. The molecule has 1 aliphatic heterocycles. The summed E-state index contributed by atoms with van der Waals surface area (Å²) in [6.07, 6.45) is 2.92. The van der Waals surface area contributed by atoms with Crippen molar-refractivity contribution in [2.75, 3.05) is 18.1 Å². The van der Waals surface area contributed by atoms with Crippen molar-refractivity contribution >= 4 is 29.1 Å². The van der Waals surface area contributed by atoms with Crippen molar-refractivity contribution in [2.24, 2.45) is 0 Å². The highest BCUT2D eigenvalue weighted by Gasteiger charge is 2.29. The van der Waals surface area contributed by atoms with Gasteiger partial charge in [-0.25, -0.2) is 9.78 Å². The standard InChI is InChI=1S/C18H16F3N5O4S/c1-31-17-28-15(29-30-17)10-2-3-26-13(8-23-14(26)5-10)11-4-12(7-22-6-11)25-16(27)24-9-18(19,20)21/h2-8,15,17H,9H2,1H3,(H2,24,25,27). The molecule has 2 amide bonds. The van der Waals surface area contributed by atoms with Crippen LogP contribution in [0.5, 0.6) is 0 Å². The largest absolute Gasteiger partial charge is 0.405 e. The SMILES string of the molecule is CSC1OOC(c2ccn3c(-c4cncc(NC(=O)NCC(F)(F)F)c4)cnc3c2)O1. The smallest absolute Gasteiger partial charge is 0.329 e. The molecule has 31 heavy (non-hydrogen) atoms. The number of thioether (sulfide) groups is 1. The molecule has 2 atom stereocenters. The van der Waals surface area contributed by atoms with E-state index in [0.29, 0.717) is 16.9 Å². The van der Waals surface area contributed by atoms with Crippen LogP contribution in [0.25, 0.3) is 16.9 Å². The second-order valence-electron chi connectivity index (χ2n) is 6.40. The zero-order chi connectivity index (χ0) is 22.0. The lowest BCUT2D eigenvalue weighted by Crippen LogP contribution is -2.36. The van der Waals surface area contributed by atoms with Gasteiger partial charge in [0.15, 0.2) is 0 Å². The number of fused-ring (bicyclic) bond motifs is 1.